The smallest absolute Gasteiger partial charge is 0.104 e. The molecule has 0 saturated heterocycles. The van der Waals surface area contributed by atoms with Crippen LogP contribution in [0.25, 0.3) is 22.6 Å². The minimum absolute atomic E-state index is 0.621. The SMILES string of the molecule is N#C/C(=C\c1cc2ccccc2nc1SCc1ccc(Cl)cc1)c1ccccc1. The Morgan fingerprint density at radius 3 is 2.45 bits per heavy atom. The number of pyridine rings is 1. The van der Waals surface area contributed by atoms with E-state index in [2.05, 4.69) is 12.1 Å². The number of nitriles is 1. The third-order valence-corrected chi connectivity index (χ3v) is 5.84. The predicted octanol–water partition coefficient (Wildman–Crippen LogP) is 7.24. The average Bonchev–Trinajstić information content (AvgIpc) is 2.77. The first-order valence-corrected chi connectivity index (χ1v) is 10.5. The van der Waals surface area contributed by atoms with E-state index >= 15 is 0 Å². The van der Waals surface area contributed by atoms with Gasteiger partial charge in [0.25, 0.3) is 0 Å². The van der Waals surface area contributed by atoms with Gasteiger partial charge in [0.05, 0.1) is 17.2 Å². The van der Waals surface area contributed by atoms with Gasteiger partial charge in [-0.3, -0.25) is 0 Å². The van der Waals surface area contributed by atoms with Gasteiger partial charge in [0.1, 0.15) is 5.03 Å². The zero-order valence-corrected chi connectivity index (χ0v) is 17.1. The van der Waals surface area contributed by atoms with Crippen LogP contribution in [0.5, 0.6) is 0 Å². The third-order valence-electron chi connectivity index (χ3n) is 4.51. The predicted molar refractivity (Wildman–Crippen MR) is 123 cm³/mol. The standard InChI is InChI=1S/C25H17ClN2S/c26-23-12-10-18(11-13-23)17-29-25-21(14-20-8-4-5-9-24(20)28-25)15-22(16-27)19-6-2-1-3-7-19/h1-15H,17H2/b22-15+. The molecule has 0 N–H and O–H groups in total. The molecule has 29 heavy (non-hydrogen) atoms. The van der Waals surface area contributed by atoms with Crippen LogP contribution < -0.4 is 0 Å². The highest BCUT2D eigenvalue weighted by atomic mass is 35.5. The summed E-state index contributed by atoms with van der Waals surface area (Å²) in [6.45, 7) is 0. The summed E-state index contributed by atoms with van der Waals surface area (Å²) >= 11 is 7.65. The highest BCUT2D eigenvalue weighted by molar-refractivity contribution is 7.98. The molecular formula is C25H17ClN2S. The van der Waals surface area contributed by atoms with Crippen molar-refractivity contribution in [1.82, 2.24) is 4.98 Å². The van der Waals surface area contributed by atoms with Crippen LogP contribution in [0.2, 0.25) is 5.02 Å². The summed E-state index contributed by atoms with van der Waals surface area (Å²) in [5.41, 5.74) is 4.59. The highest BCUT2D eigenvalue weighted by Gasteiger charge is 2.09. The second-order valence-electron chi connectivity index (χ2n) is 6.53. The molecule has 0 amide bonds. The molecule has 1 heterocycles. The lowest BCUT2D eigenvalue weighted by Gasteiger charge is -2.09. The normalized spacial score (nSPS) is 11.4. The molecule has 140 valence electrons. The Labute approximate surface area is 179 Å². The summed E-state index contributed by atoms with van der Waals surface area (Å²) in [4.78, 5) is 4.87. The molecule has 3 aromatic carbocycles. The Morgan fingerprint density at radius 2 is 1.69 bits per heavy atom. The fourth-order valence-electron chi connectivity index (χ4n) is 3.02. The number of benzene rings is 3. The van der Waals surface area contributed by atoms with E-state index in [0.29, 0.717) is 5.57 Å². The Hall–Kier alpha value is -3.06. The molecule has 4 aromatic rings. The van der Waals surface area contributed by atoms with Crippen LogP contribution in [0.1, 0.15) is 16.7 Å². The van der Waals surface area contributed by atoms with Crippen molar-refractivity contribution in [2.24, 2.45) is 0 Å². The van der Waals surface area contributed by atoms with E-state index in [4.69, 9.17) is 16.6 Å². The summed E-state index contributed by atoms with van der Waals surface area (Å²) in [6, 6.07) is 30.0. The lowest BCUT2D eigenvalue weighted by Crippen LogP contribution is -1.91. The van der Waals surface area contributed by atoms with Gasteiger partial charge in [-0.25, -0.2) is 4.98 Å². The number of fused-ring (bicyclic) bond motifs is 1. The Bertz CT molecular complexity index is 1210. The van der Waals surface area contributed by atoms with Crippen molar-refractivity contribution in [2.75, 3.05) is 0 Å². The number of rotatable bonds is 5. The fraction of sp³-hybridized carbons (Fsp3) is 0.0400. The van der Waals surface area contributed by atoms with E-state index < -0.39 is 0 Å². The number of thioether (sulfide) groups is 1. The zero-order chi connectivity index (χ0) is 20.1. The van der Waals surface area contributed by atoms with Gasteiger partial charge in [0.15, 0.2) is 0 Å². The molecule has 0 aliphatic rings. The van der Waals surface area contributed by atoms with Crippen LogP contribution in [-0.2, 0) is 5.75 Å². The van der Waals surface area contributed by atoms with E-state index in [1.54, 1.807) is 11.8 Å². The van der Waals surface area contributed by atoms with Crippen LogP contribution in [0.15, 0.2) is 90.0 Å². The first kappa shape index (κ1) is 19.3. The van der Waals surface area contributed by atoms with Crippen LogP contribution in [-0.4, -0.2) is 4.98 Å². The molecule has 4 heteroatoms. The topological polar surface area (TPSA) is 36.7 Å². The van der Waals surface area contributed by atoms with Gasteiger partial charge in [0.2, 0.25) is 0 Å². The Kier molecular flexibility index (Phi) is 5.95. The van der Waals surface area contributed by atoms with Gasteiger partial charge in [-0.05, 0) is 41.5 Å². The highest BCUT2D eigenvalue weighted by Crippen LogP contribution is 2.31. The first-order valence-electron chi connectivity index (χ1n) is 9.17. The van der Waals surface area contributed by atoms with Gasteiger partial charge in [-0.1, -0.05) is 72.3 Å². The maximum absolute atomic E-state index is 9.72. The molecule has 0 unspecified atom stereocenters. The molecule has 0 aliphatic carbocycles. The average molecular weight is 413 g/mol. The van der Waals surface area contributed by atoms with Crippen LogP contribution in [0.4, 0.5) is 0 Å². The monoisotopic (exact) mass is 412 g/mol. The van der Waals surface area contributed by atoms with E-state index in [1.807, 2.05) is 84.9 Å². The van der Waals surface area contributed by atoms with Crippen molar-refractivity contribution in [3.05, 3.63) is 107 Å². The second kappa shape index (κ2) is 8.96. The van der Waals surface area contributed by atoms with Crippen molar-refractivity contribution < 1.29 is 0 Å². The molecule has 0 fully saturated rings. The number of nitrogens with zero attached hydrogens (tertiary/aromatic N) is 2. The summed E-state index contributed by atoms with van der Waals surface area (Å²) in [5.74, 6) is 0.774. The Morgan fingerprint density at radius 1 is 0.966 bits per heavy atom. The molecule has 0 spiro atoms. The summed E-state index contributed by atoms with van der Waals surface area (Å²) in [5, 5.41) is 12.4. The number of hydrogen-bond acceptors (Lipinski definition) is 3. The molecular weight excluding hydrogens is 396 g/mol. The molecule has 0 atom stereocenters. The largest absolute Gasteiger partial charge is 0.241 e. The van der Waals surface area contributed by atoms with E-state index in [-0.39, 0.29) is 0 Å². The van der Waals surface area contributed by atoms with Crippen LogP contribution in [0.3, 0.4) is 0 Å². The van der Waals surface area contributed by atoms with Gasteiger partial charge in [-0.2, -0.15) is 5.26 Å². The van der Waals surface area contributed by atoms with Crippen molar-refractivity contribution in [1.29, 1.82) is 5.26 Å². The van der Waals surface area contributed by atoms with Gasteiger partial charge >= 0.3 is 0 Å². The summed E-state index contributed by atoms with van der Waals surface area (Å²) in [7, 11) is 0. The van der Waals surface area contributed by atoms with E-state index in [9.17, 15) is 5.26 Å². The molecule has 0 radical (unpaired) electrons. The summed E-state index contributed by atoms with van der Waals surface area (Å²) in [6.07, 6.45) is 1.93. The lowest BCUT2D eigenvalue weighted by molar-refractivity contribution is 1.17. The summed E-state index contributed by atoms with van der Waals surface area (Å²) < 4.78 is 0. The van der Waals surface area contributed by atoms with Crippen LogP contribution >= 0.6 is 23.4 Å². The fourth-order valence-corrected chi connectivity index (χ4v) is 4.09. The van der Waals surface area contributed by atoms with Gasteiger partial charge in [-0.15, -0.1) is 11.8 Å². The first-order chi connectivity index (χ1) is 14.2. The molecule has 0 aliphatic heterocycles. The minimum Gasteiger partial charge on any atom is -0.241 e. The lowest BCUT2D eigenvalue weighted by atomic mass is 10.0. The quantitative estimate of drug-likeness (QED) is 0.256. The van der Waals surface area contributed by atoms with Crippen molar-refractivity contribution in [2.45, 2.75) is 10.8 Å². The van der Waals surface area contributed by atoms with Gasteiger partial charge < -0.3 is 0 Å². The molecule has 0 saturated carbocycles. The maximum atomic E-state index is 9.72. The number of allylic oxidation sites excluding steroid dienone is 1. The number of aromatic nitrogens is 1. The van der Waals surface area contributed by atoms with E-state index in [1.165, 1.54) is 5.56 Å². The molecule has 2 nitrogen and oxygen atoms in total. The van der Waals surface area contributed by atoms with Crippen molar-refractivity contribution in [3.8, 4) is 6.07 Å². The maximum Gasteiger partial charge on any atom is 0.104 e. The van der Waals surface area contributed by atoms with E-state index in [0.717, 1.165) is 37.8 Å². The number of halogens is 1. The van der Waals surface area contributed by atoms with Crippen molar-refractivity contribution in [3.63, 3.8) is 0 Å². The zero-order valence-electron chi connectivity index (χ0n) is 15.5. The number of hydrogen-bond donors (Lipinski definition) is 0. The van der Waals surface area contributed by atoms with Gasteiger partial charge in [0, 0.05) is 21.7 Å². The minimum atomic E-state index is 0.621. The molecule has 0 bridgehead atoms. The number of para-hydroxylation sites is 1. The third kappa shape index (κ3) is 4.68. The second-order valence-corrected chi connectivity index (χ2v) is 7.93. The van der Waals surface area contributed by atoms with Crippen molar-refractivity contribution >= 4 is 45.9 Å². The van der Waals surface area contributed by atoms with Crippen LogP contribution in [0, 0.1) is 11.3 Å². The Balaban J connectivity index is 1.74. The molecule has 4 rings (SSSR count). The molecule has 1 aromatic heterocycles.